The molecule has 1 aromatic carbocycles. The summed E-state index contributed by atoms with van der Waals surface area (Å²) in [5, 5.41) is 9.22. The van der Waals surface area contributed by atoms with E-state index in [1.54, 1.807) is 12.1 Å². The predicted molar refractivity (Wildman–Crippen MR) is 59.6 cm³/mol. The van der Waals surface area contributed by atoms with E-state index in [4.69, 9.17) is 16.9 Å². The van der Waals surface area contributed by atoms with Gasteiger partial charge in [0, 0.05) is 9.50 Å². The van der Waals surface area contributed by atoms with Crippen LogP contribution in [0.25, 0.3) is 0 Å². The lowest BCUT2D eigenvalue weighted by molar-refractivity contribution is -0.139. The van der Waals surface area contributed by atoms with Gasteiger partial charge in [-0.1, -0.05) is 11.6 Å². The second-order valence-electron chi connectivity index (χ2n) is 2.79. The molecular formula is C10H7BrClNO2. The first-order chi connectivity index (χ1) is 7.08. The van der Waals surface area contributed by atoms with E-state index in [1.165, 1.54) is 7.11 Å². The molecule has 0 saturated heterocycles. The van der Waals surface area contributed by atoms with Crippen molar-refractivity contribution in [3.05, 3.63) is 32.8 Å². The van der Waals surface area contributed by atoms with Crippen LogP contribution >= 0.6 is 27.5 Å². The van der Waals surface area contributed by atoms with E-state index in [1.807, 2.05) is 6.07 Å². The first-order valence-corrected chi connectivity index (χ1v) is 5.20. The van der Waals surface area contributed by atoms with Gasteiger partial charge in [-0.2, -0.15) is 5.26 Å². The van der Waals surface area contributed by atoms with Gasteiger partial charge in [-0.05, 0) is 33.6 Å². The number of benzene rings is 1. The van der Waals surface area contributed by atoms with Crippen LogP contribution in [0.15, 0.2) is 16.6 Å². The van der Waals surface area contributed by atoms with Gasteiger partial charge in [0.05, 0.1) is 19.1 Å². The largest absolute Gasteiger partial charge is 0.469 e. The van der Waals surface area contributed by atoms with Crippen LogP contribution in [0, 0.1) is 11.3 Å². The predicted octanol–water partition coefficient (Wildman–Crippen LogP) is 2.69. The third-order valence-corrected chi connectivity index (χ3v) is 2.83. The van der Waals surface area contributed by atoms with Crippen molar-refractivity contribution in [2.45, 2.75) is 6.42 Å². The Kier molecular flexibility index (Phi) is 4.13. The molecule has 1 aromatic rings. The molecule has 3 nitrogen and oxygen atoms in total. The average Bonchev–Trinajstić information content (AvgIpc) is 2.21. The van der Waals surface area contributed by atoms with E-state index < -0.39 is 0 Å². The number of hydrogen-bond donors (Lipinski definition) is 0. The fourth-order valence-corrected chi connectivity index (χ4v) is 1.84. The standard InChI is InChI=1S/C10H7BrClNO2/c1-15-10(14)3-6-2-7(5-13)8(11)4-9(6)12/h2,4H,3H2,1H3. The Labute approximate surface area is 101 Å². The summed E-state index contributed by atoms with van der Waals surface area (Å²) in [6.07, 6.45) is 0.0668. The second kappa shape index (κ2) is 5.15. The van der Waals surface area contributed by atoms with Crippen molar-refractivity contribution in [3.63, 3.8) is 0 Å². The summed E-state index contributed by atoms with van der Waals surface area (Å²) < 4.78 is 5.14. The zero-order valence-corrected chi connectivity index (χ0v) is 10.2. The molecule has 0 bridgehead atoms. The van der Waals surface area contributed by atoms with E-state index in [9.17, 15) is 4.79 Å². The van der Waals surface area contributed by atoms with Crippen molar-refractivity contribution < 1.29 is 9.53 Å². The molecule has 15 heavy (non-hydrogen) atoms. The molecular weight excluding hydrogens is 281 g/mol. The summed E-state index contributed by atoms with van der Waals surface area (Å²) in [5.41, 5.74) is 1.03. The molecule has 0 amide bonds. The average molecular weight is 289 g/mol. The van der Waals surface area contributed by atoms with Gasteiger partial charge in [-0.3, -0.25) is 4.79 Å². The molecule has 0 aliphatic rings. The molecule has 0 radical (unpaired) electrons. The number of esters is 1. The zero-order chi connectivity index (χ0) is 11.4. The molecule has 0 aliphatic heterocycles. The maximum absolute atomic E-state index is 11.0. The van der Waals surface area contributed by atoms with Crippen LogP contribution in [0.3, 0.4) is 0 Å². The first-order valence-electron chi connectivity index (χ1n) is 4.03. The minimum atomic E-state index is -0.386. The van der Waals surface area contributed by atoms with Crippen molar-refractivity contribution in [3.8, 4) is 6.07 Å². The lowest BCUT2D eigenvalue weighted by Crippen LogP contribution is -2.05. The van der Waals surface area contributed by atoms with E-state index in [-0.39, 0.29) is 12.4 Å². The highest BCUT2D eigenvalue weighted by molar-refractivity contribution is 9.10. The second-order valence-corrected chi connectivity index (χ2v) is 4.05. The smallest absolute Gasteiger partial charge is 0.310 e. The van der Waals surface area contributed by atoms with Gasteiger partial charge in [0.2, 0.25) is 0 Å². The SMILES string of the molecule is COC(=O)Cc1cc(C#N)c(Br)cc1Cl. The molecule has 1 rings (SSSR count). The number of hydrogen-bond acceptors (Lipinski definition) is 3. The molecule has 0 aromatic heterocycles. The fourth-order valence-electron chi connectivity index (χ4n) is 1.04. The van der Waals surface area contributed by atoms with Crippen LogP contribution in [0.1, 0.15) is 11.1 Å². The highest BCUT2D eigenvalue weighted by Crippen LogP contribution is 2.25. The Morgan fingerprint density at radius 2 is 2.33 bits per heavy atom. The number of nitriles is 1. The van der Waals surface area contributed by atoms with E-state index >= 15 is 0 Å². The van der Waals surface area contributed by atoms with Gasteiger partial charge in [0.25, 0.3) is 0 Å². The molecule has 0 atom stereocenters. The highest BCUT2D eigenvalue weighted by atomic mass is 79.9. The quantitative estimate of drug-likeness (QED) is 0.786. The topological polar surface area (TPSA) is 50.1 Å². The molecule has 0 N–H and O–H groups in total. The minimum absolute atomic E-state index is 0.0668. The summed E-state index contributed by atoms with van der Waals surface area (Å²) in [7, 11) is 1.31. The zero-order valence-electron chi connectivity index (χ0n) is 7.88. The molecule has 0 aliphatic carbocycles. The summed E-state index contributed by atoms with van der Waals surface area (Å²) in [6.45, 7) is 0. The van der Waals surface area contributed by atoms with E-state index in [2.05, 4.69) is 20.7 Å². The maximum atomic E-state index is 11.0. The molecule has 0 saturated carbocycles. The molecule has 0 heterocycles. The van der Waals surface area contributed by atoms with Gasteiger partial charge in [-0.25, -0.2) is 0 Å². The Morgan fingerprint density at radius 3 is 2.87 bits per heavy atom. The number of rotatable bonds is 2. The third-order valence-electron chi connectivity index (χ3n) is 1.82. The van der Waals surface area contributed by atoms with Crippen LogP contribution < -0.4 is 0 Å². The Bertz CT molecular complexity index is 440. The van der Waals surface area contributed by atoms with Crippen molar-refractivity contribution in [2.24, 2.45) is 0 Å². The van der Waals surface area contributed by atoms with Gasteiger partial charge in [0.1, 0.15) is 6.07 Å². The normalized spacial score (nSPS) is 9.47. The Morgan fingerprint density at radius 1 is 1.67 bits per heavy atom. The van der Waals surface area contributed by atoms with Crippen LogP contribution in [-0.2, 0) is 16.0 Å². The van der Waals surface area contributed by atoms with Gasteiger partial charge >= 0.3 is 5.97 Å². The lowest BCUT2D eigenvalue weighted by atomic mass is 10.1. The van der Waals surface area contributed by atoms with Crippen LogP contribution in [0.2, 0.25) is 5.02 Å². The lowest BCUT2D eigenvalue weighted by Gasteiger charge is -2.04. The molecule has 5 heteroatoms. The van der Waals surface area contributed by atoms with E-state index in [0.717, 1.165) is 0 Å². The van der Waals surface area contributed by atoms with Gasteiger partial charge in [0.15, 0.2) is 0 Å². The summed E-state index contributed by atoms with van der Waals surface area (Å²) >= 11 is 9.11. The van der Waals surface area contributed by atoms with Crippen molar-refractivity contribution in [1.82, 2.24) is 0 Å². The number of nitrogens with zero attached hydrogens (tertiary/aromatic N) is 1. The molecule has 78 valence electrons. The minimum Gasteiger partial charge on any atom is -0.469 e. The van der Waals surface area contributed by atoms with Crippen LogP contribution in [0.4, 0.5) is 0 Å². The molecule has 0 spiro atoms. The molecule has 0 unspecified atom stereocenters. The third kappa shape index (κ3) is 2.95. The fraction of sp³-hybridized carbons (Fsp3) is 0.200. The monoisotopic (exact) mass is 287 g/mol. The number of carbonyl (C=O) groups is 1. The molecule has 0 fully saturated rings. The van der Waals surface area contributed by atoms with Gasteiger partial charge in [-0.15, -0.1) is 0 Å². The number of carbonyl (C=O) groups excluding carboxylic acids is 1. The summed E-state index contributed by atoms with van der Waals surface area (Å²) in [5.74, 6) is -0.386. The van der Waals surface area contributed by atoms with Crippen molar-refractivity contribution in [1.29, 1.82) is 5.26 Å². The Hall–Kier alpha value is -1.05. The number of ether oxygens (including phenoxy) is 1. The first kappa shape index (κ1) is 12.0. The van der Waals surface area contributed by atoms with Crippen LogP contribution in [-0.4, -0.2) is 13.1 Å². The van der Waals surface area contributed by atoms with Gasteiger partial charge < -0.3 is 4.74 Å². The summed E-state index contributed by atoms with van der Waals surface area (Å²) in [4.78, 5) is 11.0. The number of halogens is 2. The van der Waals surface area contributed by atoms with Crippen molar-refractivity contribution in [2.75, 3.05) is 7.11 Å². The summed E-state index contributed by atoms with van der Waals surface area (Å²) in [6, 6.07) is 5.16. The van der Waals surface area contributed by atoms with Crippen molar-refractivity contribution >= 4 is 33.5 Å². The van der Waals surface area contributed by atoms with Crippen LogP contribution in [0.5, 0.6) is 0 Å². The maximum Gasteiger partial charge on any atom is 0.310 e. The van der Waals surface area contributed by atoms with E-state index in [0.29, 0.717) is 20.6 Å². The highest BCUT2D eigenvalue weighted by Gasteiger charge is 2.10. The Balaban J connectivity index is 3.09. The number of methoxy groups -OCH3 is 1.